The van der Waals surface area contributed by atoms with Gasteiger partial charge in [-0.25, -0.2) is 18.7 Å². The third-order valence-electron chi connectivity index (χ3n) is 2.25. The number of hydrogen-bond donors (Lipinski definition) is 1. The maximum Gasteiger partial charge on any atom is 0.270 e. The fraction of sp³-hybridized carbons (Fsp3) is 0.167. The molecular formula is C12H10BrF2N3. The molecule has 2 rings (SSSR count). The molecule has 0 atom stereocenters. The van der Waals surface area contributed by atoms with Crippen LogP contribution in [0, 0.1) is 0 Å². The summed E-state index contributed by atoms with van der Waals surface area (Å²) in [5, 5.41) is 2.87. The van der Waals surface area contributed by atoms with Crippen LogP contribution in [-0.2, 0) is 5.92 Å². The maximum absolute atomic E-state index is 13.2. The smallest absolute Gasteiger partial charge is 0.270 e. The highest BCUT2D eigenvalue weighted by atomic mass is 79.9. The van der Waals surface area contributed by atoms with Crippen molar-refractivity contribution in [3.8, 4) is 0 Å². The number of aromatic nitrogens is 2. The average Bonchev–Trinajstić information content (AvgIpc) is 2.31. The van der Waals surface area contributed by atoms with Crippen LogP contribution in [0.15, 0.2) is 41.1 Å². The fourth-order valence-corrected chi connectivity index (χ4v) is 1.58. The normalized spacial score (nSPS) is 11.3. The van der Waals surface area contributed by atoms with E-state index in [4.69, 9.17) is 0 Å². The standard InChI is InChI=1S/C12H10BrF2N3/c1-12(14,15)8-3-2-4-10(5-8)18-11-16-6-9(13)7-17-11/h2-7H,1H3,(H,16,17,18). The predicted octanol–water partition coefficient (Wildman–Crippen LogP) is 4.09. The van der Waals surface area contributed by atoms with Crippen LogP contribution in [0.2, 0.25) is 0 Å². The van der Waals surface area contributed by atoms with Gasteiger partial charge in [0, 0.05) is 30.6 Å². The maximum atomic E-state index is 13.2. The first-order valence-electron chi connectivity index (χ1n) is 5.18. The second-order valence-corrected chi connectivity index (χ2v) is 4.73. The van der Waals surface area contributed by atoms with E-state index < -0.39 is 5.92 Å². The molecule has 0 saturated heterocycles. The Labute approximate surface area is 111 Å². The number of alkyl halides is 2. The van der Waals surface area contributed by atoms with Gasteiger partial charge in [-0.1, -0.05) is 12.1 Å². The molecule has 1 aromatic heterocycles. The van der Waals surface area contributed by atoms with E-state index in [0.717, 1.165) is 11.4 Å². The summed E-state index contributed by atoms with van der Waals surface area (Å²) in [5.74, 6) is -2.51. The van der Waals surface area contributed by atoms with E-state index in [-0.39, 0.29) is 5.56 Å². The molecule has 0 aliphatic heterocycles. The summed E-state index contributed by atoms with van der Waals surface area (Å²) >= 11 is 3.22. The Balaban J connectivity index is 2.22. The molecule has 0 aliphatic carbocycles. The van der Waals surface area contributed by atoms with Crippen molar-refractivity contribution in [3.05, 3.63) is 46.7 Å². The summed E-state index contributed by atoms with van der Waals surface area (Å²) in [6.45, 7) is 0.863. The van der Waals surface area contributed by atoms with E-state index in [9.17, 15) is 8.78 Å². The number of rotatable bonds is 3. The molecule has 3 nitrogen and oxygen atoms in total. The minimum atomic E-state index is -2.86. The zero-order chi connectivity index (χ0) is 13.2. The van der Waals surface area contributed by atoms with Crippen molar-refractivity contribution in [1.29, 1.82) is 0 Å². The van der Waals surface area contributed by atoms with Crippen LogP contribution in [0.25, 0.3) is 0 Å². The molecule has 0 amide bonds. The van der Waals surface area contributed by atoms with E-state index >= 15 is 0 Å². The number of benzene rings is 1. The lowest BCUT2D eigenvalue weighted by Gasteiger charge is -2.12. The van der Waals surface area contributed by atoms with Gasteiger partial charge in [-0.05, 0) is 28.1 Å². The van der Waals surface area contributed by atoms with Gasteiger partial charge in [0.25, 0.3) is 5.92 Å². The zero-order valence-electron chi connectivity index (χ0n) is 9.49. The Morgan fingerprint density at radius 3 is 2.50 bits per heavy atom. The van der Waals surface area contributed by atoms with Gasteiger partial charge in [0.05, 0.1) is 4.47 Å². The average molecular weight is 314 g/mol. The van der Waals surface area contributed by atoms with Gasteiger partial charge in [0.2, 0.25) is 5.95 Å². The van der Waals surface area contributed by atoms with E-state index in [0.29, 0.717) is 11.6 Å². The first-order chi connectivity index (χ1) is 8.45. The lowest BCUT2D eigenvalue weighted by atomic mass is 10.1. The highest BCUT2D eigenvalue weighted by Gasteiger charge is 2.24. The van der Waals surface area contributed by atoms with Crippen molar-refractivity contribution >= 4 is 27.6 Å². The van der Waals surface area contributed by atoms with Gasteiger partial charge in [0.15, 0.2) is 0 Å². The topological polar surface area (TPSA) is 37.8 Å². The summed E-state index contributed by atoms with van der Waals surface area (Å²) in [4.78, 5) is 8.02. The Kier molecular flexibility index (Phi) is 3.56. The highest BCUT2D eigenvalue weighted by molar-refractivity contribution is 9.10. The third kappa shape index (κ3) is 3.22. The Morgan fingerprint density at radius 2 is 1.89 bits per heavy atom. The van der Waals surface area contributed by atoms with E-state index in [1.54, 1.807) is 24.5 Å². The first kappa shape index (κ1) is 12.9. The van der Waals surface area contributed by atoms with Gasteiger partial charge < -0.3 is 5.32 Å². The Hall–Kier alpha value is -1.56. The SMILES string of the molecule is CC(F)(F)c1cccc(Nc2ncc(Br)cn2)c1. The molecule has 0 spiro atoms. The molecule has 2 aromatic rings. The molecule has 0 radical (unpaired) electrons. The highest BCUT2D eigenvalue weighted by Crippen LogP contribution is 2.29. The molecule has 1 N–H and O–H groups in total. The van der Waals surface area contributed by atoms with Gasteiger partial charge in [-0.15, -0.1) is 0 Å². The number of anilines is 2. The second kappa shape index (κ2) is 4.97. The molecule has 0 saturated carbocycles. The molecule has 6 heteroatoms. The van der Waals surface area contributed by atoms with Crippen molar-refractivity contribution < 1.29 is 8.78 Å². The van der Waals surface area contributed by atoms with E-state index in [1.165, 1.54) is 12.1 Å². The summed E-state index contributed by atoms with van der Waals surface area (Å²) in [6, 6.07) is 6.01. The lowest BCUT2D eigenvalue weighted by Crippen LogP contribution is -2.07. The van der Waals surface area contributed by atoms with Crippen LogP contribution in [0.4, 0.5) is 20.4 Å². The van der Waals surface area contributed by atoms with Crippen molar-refractivity contribution in [2.45, 2.75) is 12.8 Å². The molecule has 0 unspecified atom stereocenters. The minimum absolute atomic E-state index is 0.0513. The largest absolute Gasteiger partial charge is 0.324 e. The molecule has 0 bridgehead atoms. The number of nitrogens with one attached hydrogen (secondary N) is 1. The predicted molar refractivity (Wildman–Crippen MR) is 69.0 cm³/mol. The van der Waals surface area contributed by atoms with Crippen molar-refractivity contribution in [3.63, 3.8) is 0 Å². The summed E-state index contributed by atoms with van der Waals surface area (Å²) in [5.41, 5.74) is 0.473. The number of hydrogen-bond acceptors (Lipinski definition) is 3. The molecule has 1 heterocycles. The van der Waals surface area contributed by atoms with Crippen LogP contribution in [-0.4, -0.2) is 9.97 Å². The van der Waals surface area contributed by atoms with Crippen LogP contribution in [0.5, 0.6) is 0 Å². The van der Waals surface area contributed by atoms with Gasteiger partial charge in [-0.3, -0.25) is 0 Å². The summed E-state index contributed by atoms with van der Waals surface area (Å²) in [7, 11) is 0. The molecule has 0 fully saturated rings. The van der Waals surface area contributed by atoms with Crippen LogP contribution in [0.1, 0.15) is 12.5 Å². The van der Waals surface area contributed by atoms with Crippen LogP contribution in [0.3, 0.4) is 0 Å². The van der Waals surface area contributed by atoms with Gasteiger partial charge >= 0.3 is 0 Å². The third-order valence-corrected chi connectivity index (χ3v) is 2.66. The van der Waals surface area contributed by atoms with Crippen molar-refractivity contribution in [1.82, 2.24) is 9.97 Å². The van der Waals surface area contributed by atoms with Gasteiger partial charge in [0.1, 0.15) is 0 Å². The van der Waals surface area contributed by atoms with Crippen molar-refractivity contribution in [2.75, 3.05) is 5.32 Å². The quantitative estimate of drug-likeness (QED) is 0.927. The molecule has 18 heavy (non-hydrogen) atoms. The summed E-state index contributed by atoms with van der Waals surface area (Å²) in [6.07, 6.45) is 3.15. The van der Waals surface area contributed by atoms with Crippen molar-refractivity contribution in [2.24, 2.45) is 0 Å². The zero-order valence-corrected chi connectivity index (χ0v) is 11.1. The number of halogens is 3. The van der Waals surface area contributed by atoms with E-state index in [1.807, 2.05) is 0 Å². The molecule has 0 aliphatic rings. The minimum Gasteiger partial charge on any atom is -0.324 e. The Bertz CT molecular complexity index is 538. The van der Waals surface area contributed by atoms with E-state index in [2.05, 4.69) is 31.2 Å². The monoisotopic (exact) mass is 313 g/mol. The molecule has 94 valence electrons. The first-order valence-corrected chi connectivity index (χ1v) is 5.97. The summed E-state index contributed by atoms with van der Waals surface area (Å²) < 4.78 is 27.1. The van der Waals surface area contributed by atoms with Crippen LogP contribution >= 0.6 is 15.9 Å². The Morgan fingerprint density at radius 1 is 1.22 bits per heavy atom. The number of nitrogens with zero attached hydrogens (tertiary/aromatic N) is 2. The molecular weight excluding hydrogens is 304 g/mol. The lowest BCUT2D eigenvalue weighted by molar-refractivity contribution is 0.0175. The van der Waals surface area contributed by atoms with Crippen LogP contribution < -0.4 is 5.32 Å². The molecule has 1 aromatic carbocycles. The second-order valence-electron chi connectivity index (χ2n) is 3.82. The fourth-order valence-electron chi connectivity index (χ4n) is 1.38. The van der Waals surface area contributed by atoms with Gasteiger partial charge in [-0.2, -0.15) is 0 Å².